The van der Waals surface area contributed by atoms with Crippen molar-refractivity contribution in [1.82, 2.24) is 10.3 Å². The van der Waals surface area contributed by atoms with E-state index in [0.717, 1.165) is 15.2 Å². The van der Waals surface area contributed by atoms with Crippen molar-refractivity contribution in [3.05, 3.63) is 64.7 Å². The zero-order chi connectivity index (χ0) is 16.2. The van der Waals surface area contributed by atoms with Gasteiger partial charge in [0.15, 0.2) is 0 Å². The molecule has 3 rings (SSSR count). The molecule has 6 heteroatoms. The van der Waals surface area contributed by atoms with Crippen LogP contribution in [0.2, 0.25) is 0 Å². The van der Waals surface area contributed by atoms with E-state index in [1.807, 2.05) is 24.3 Å². The van der Waals surface area contributed by atoms with E-state index in [1.54, 1.807) is 23.5 Å². The van der Waals surface area contributed by atoms with Gasteiger partial charge in [-0.05, 0) is 30.3 Å². The van der Waals surface area contributed by atoms with Gasteiger partial charge in [0.1, 0.15) is 0 Å². The number of carboxylic acids is 1. The summed E-state index contributed by atoms with van der Waals surface area (Å²) in [5, 5.41) is 12.7. The number of hydrogen-bond acceptors (Lipinski definition) is 4. The Hall–Kier alpha value is -2.73. The molecule has 2 N–H and O–H groups in total. The van der Waals surface area contributed by atoms with Crippen LogP contribution in [0.25, 0.3) is 10.2 Å². The Morgan fingerprint density at radius 2 is 1.87 bits per heavy atom. The molecule has 0 unspecified atom stereocenters. The molecule has 1 aromatic heterocycles. The molecule has 116 valence electrons. The number of nitrogens with zero attached hydrogens (tertiary/aromatic N) is 1. The molecule has 0 radical (unpaired) electrons. The number of rotatable bonds is 5. The Balaban J connectivity index is 1.60. The molecule has 0 saturated carbocycles. The molecule has 0 saturated heterocycles. The normalized spacial score (nSPS) is 10.6. The zero-order valence-electron chi connectivity index (χ0n) is 12.2. The first-order valence-electron chi connectivity index (χ1n) is 7.09. The van der Waals surface area contributed by atoms with Crippen LogP contribution >= 0.6 is 11.3 Å². The van der Waals surface area contributed by atoms with Crippen LogP contribution < -0.4 is 5.32 Å². The molecule has 0 aliphatic rings. The van der Waals surface area contributed by atoms with Crippen molar-refractivity contribution in [1.29, 1.82) is 0 Å². The fraction of sp³-hybridized carbons (Fsp3) is 0.118. The van der Waals surface area contributed by atoms with Crippen LogP contribution in [0.3, 0.4) is 0 Å². The summed E-state index contributed by atoms with van der Waals surface area (Å²) in [5.41, 5.74) is 1.41. The lowest BCUT2D eigenvalue weighted by Crippen LogP contribution is -2.25. The minimum absolute atomic E-state index is 0.101. The standard InChI is InChI=1S/C17H14N2O3S/c20-16(11-4-3-5-12(10-11)17(21)22)18-9-8-15-19-13-6-1-2-7-14(13)23-15/h1-7,10H,8-9H2,(H,18,20)(H,21,22). The minimum Gasteiger partial charge on any atom is -0.478 e. The number of carboxylic acid groups (broad SMARTS) is 1. The molecule has 0 aliphatic carbocycles. The van der Waals surface area contributed by atoms with Gasteiger partial charge < -0.3 is 10.4 Å². The number of carbonyl (C=O) groups is 2. The van der Waals surface area contributed by atoms with E-state index in [9.17, 15) is 9.59 Å². The van der Waals surface area contributed by atoms with Gasteiger partial charge in [-0.2, -0.15) is 0 Å². The highest BCUT2D eigenvalue weighted by Crippen LogP contribution is 2.21. The average Bonchev–Trinajstić information content (AvgIpc) is 2.97. The second-order valence-corrected chi connectivity index (χ2v) is 6.08. The molecule has 3 aromatic rings. The highest BCUT2D eigenvalue weighted by Gasteiger charge is 2.09. The number of carbonyl (C=O) groups excluding carboxylic acids is 1. The Morgan fingerprint density at radius 1 is 1.09 bits per heavy atom. The number of aromatic nitrogens is 1. The molecule has 0 fully saturated rings. The van der Waals surface area contributed by atoms with E-state index in [0.29, 0.717) is 18.5 Å². The molecule has 5 nitrogen and oxygen atoms in total. The van der Waals surface area contributed by atoms with Gasteiger partial charge in [0.05, 0.1) is 20.8 Å². The minimum atomic E-state index is -1.05. The third kappa shape index (κ3) is 3.54. The number of hydrogen-bond donors (Lipinski definition) is 2. The number of thiazole rings is 1. The zero-order valence-corrected chi connectivity index (χ0v) is 13.0. The topological polar surface area (TPSA) is 79.3 Å². The van der Waals surface area contributed by atoms with Gasteiger partial charge in [0.2, 0.25) is 0 Å². The second kappa shape index (κ2) is 6.58. The lowest BCUT2D eigenvalue weighted by Gasteiger charge is -2.04. The molecule has 23 heavy (non-hydrogen) atoms. The first-order valence-corrected chi connectivity index (χ1v) is 7.91. The largest absolute Gasteiger partial charge is 0.478 e. The molecule has 0 bridgehead atoms. The van der Waals surface area contributed by atoms with E-state index >= 15 is 0 Å². The molecular weight excluding hydrogens is 312 g/mol. The lowest BCUT2D eigenvalue weighted by molar-refractivity contribution is 0.0697. The van der Waals surface area contributed by atoms with E-state index in [-0.39, 0.29) is 11.5 Å². The van der Waals surface area contributed by atoms with E-state index < -0.39 is 5.97 Å². The fourth-order valence-corrected chi connectivity index (χ4v) is 3.17. The van der Waals surface area contributed by atoms with Gasteiger partial charge in [-0.25, -0.2) is 9.78 Å². The highest BCUT2D eigenvalue weighted by molar-refractivity contribution is 7.18. The van der Waals surface area contributed by atoms with Crippen molar-refractivity contribution < 1.29 is 14.7 Å². The number of fused-ring (bicyclic) bond motifs is 1. The van der Waals surface area contributed by atoms with Crippen molar-refractivity contribution in [2.24, 2.45) is 0 Å². The summed E-state index contributed by atoms with van der Waals surface area (Å²) in [6, 6.07) is 13.9. The van der Waals surface area contributed by atoms with Crippen LogP contribution in [-0.2, 0) is 6.42 Å². The maximum absolute atomic E-state index is 12.1. The van der Waals surface area contributed by atoms with Crippen LogP contribution in [-0.4, -0.2) is 28.5 Å². The summed E-state index contributed by atoms with van der Waals surface area (Å²) >= 11 is 1.61. The highest BCUT2D eigenvalue weighted by atomic mass is 32.1. The number of para-hydroxylation sites is 1. The van der Waals surface area contributed by atoms with Crippen molar-refractivity contribution in [2.45, 2.75) is 6.42 Å². The number of nitrogens with one attached hydrogen (secondary N) is 1. The number of aromatic carboxylic acids is 1. The summed E-state index contributed by atoms with van der Waals surface area (Å²) in [6.07, 6.45) is 0.643. The summed E-state index contributed by atoms with van der Waals surface area (Å²) in [5.74, 6) is -1.33. The maximum atomic E-state index is 12.1. The monoisotopic (exact) mass is 326 g/mol. The predicted molar refractivity (Wildman–Crippen MR) is 89.1 cm³/mol. The van der Waals surface area contributed by atoms with E-state index in [2.05, 4.69) is 10.3 Å². The van der Waals surface area contributed by atoms with Gasteiger partial charge in [-0.15, -0.1) is 11.3 Å². The lowest BCUT2D eigenvalue weighted by atomic mass is 10.1. The molecule has 1 heterocycles. The van der Waals surface area contributed by atoms with Crippen LogP contribution in [0.4, 0.5) is 0 Å². The van der Waals surface area contributed by atoms with Crippen LogP contribution in [0.5, 0.6) is 0 Å². The Bertz CT molecular complexity index is 840. The molecule has 0 aliphatic heterocycles. The van der Waals surface area contributed by atoms with Gasteiger partial charge in [0, 0.05) is 18.5 Å². The smallest absolute Gasteiger partial charge is 0.335 e. The van der Waals surface area contributed by atoms with Crippen LogP contribution in [0.15, 0.2) is 48.5 Å². The first kappa shape index (κ1) is 15.2. The van der Waals surface area contributed by atoms with Gasteiger partial charge >= 0.3 is 5.97 Å². The van der Waals surface area contributed by atoms with Gasteiger partial charge in [-0.1, -0.05) is 18.2 Å². The quantitative estimate of drug-likeness (QED) is 0.755. The Kier molecular flexibility index (Phi) is 4.34. The SMILES string of the molecule is O=C(O)c1cccc(C(=O)NCCc2nc3ccccc3s2)c1. The van der Waals surface area contributed by atoms with Crippen LogP contribution in [0, 0.1) is 0 Å². The Labute approximate surface area is 136 Å². The third-order valence-electron chi connectivity index (χ3n) is 3.33. The Morgan fingerprint density at radius 3 is 2.65 bits per heavy atom. The van der Waals surface area contributed by atoms with E-state index in [1.165, 1.54) is 12.1 Å². The first-order chi connectivity index (χ1) is 11.1. The van der Waals surface area contributed by atoms with Crippen LogP contribution in [0.1, 0.15) is 25.7 Å². The summed E-state index contributed by atoms with van der Waals surface area (Å²) in [4.78, 5) is 27.5. The summed E-state index contributed by atoms with van der Waals surface area (Å²) < 4.78 is 1.13. The van der Waals surface area contributed by atoms with Gasteiger partial charge in [0.25, 0.3) is 5.91 Å². The van der Waals surface area contributed by atoms with Crippen molar-refractivity contribution in [2.75, 3.05) is 6.54 Å². The molecule has 1 amide bonds. The maximum Gasteiger partial charge on any atom is 0.335 e. The summed E-state index contributed by atoms with van der Waals surface area (Å²) in [7, 11) is 0. The van der Waals surface area contributed by atoms with Crippen molar-refractivity contribution >= 4 is 33.4 Å². The average molecular weight is 326 g/mol. The van der Waals surface area contributed by atoms with Crippen molar-refractivity contribution in [3.63, 3.8) is 0 Å². The molecule has 2 aromatic carbocycles. The third-order valence-corrected chi connectivity index (χ3v) is 4.43. The fourth-order valence-electron chi connectivity index (χ4n) is 2.21. The number of amides is 1. The van der Waals surface area contributed by atoms with Gasteiger partial charge in [-0.3, -0.25) is 4.79 Å². The summed E-state index contributed by atoms with van der Waals surface area (Å²) in [6.45, 7) is 0.454. The molecule has 0 spiro atoms. The second-order valence-electron chi connectivity index (χ2n) is 4.97. The molecule has 0 atom stereocenters. The molecular formula is C17H14N2O3S. The van der Waals surface area contributed by atoms with E-state index in [4.69, 9.17) is 5.11 Å². The number of benzene rings is 2. The predicted octanol–water partition coefficient (Wildman–Crippen LogP) is 2.97. The van der Waals surface area contributed by atoms with Crippen molar-refractivity contribution in [3.8, 4) is 0 Å².